The summed E-state index contributed by atoms with van der Waals surface area (Å²) in [6, 6.07) is 23.9. The van der Waals surface area contributed by atoms with Gasteiger partial charge in [0.05, 0.1) is 26.3 Å². The molecule has 35 heavy (non-hydrogen) atoms. The van der Waals surface area contributed by atoms with Crippen molar-refractivity contribution in [2.45, 2.75) is 6.42 Å². The Labute approximate surface area is 204 Å². The number of carbonyl (C=O) groups is 1. The first-order valence-electron chi connectivity index (χ1n) is 11.7. The van der Waals surface area contributed by atoms with E-state index in [1.807, 2.05) is 59.5 Å². The highest BCUT2D eigenvalue weighted by Crippen LogP contribution is 2.32. The first kappa shape index (κ1) is 22.7. The molecule has 0 aliphatic carbocycles. The molecule has 7 heteroatoms. The molecule has 1 fully saturated rings. The molecule has 1 amide bonds. The average Bonchev–Trinajstić information content (AvgIpc) is 2.93. The molecule has 2 heterocycles. The second kappa shape index (κ2) is 10.0. The molecule has 0 radical (unpaired) electrons. The summed E-state index contributed by atoms with van der Waals surface area (Å²) in [5.41, 5.74) is 2.62. The number of amides is 1. The van der Waals surface area contributed by atoms with Crippen LogP contribution < -0.4 is 14.4 Å². The molecular weight excluding hydrogens is 440 g/mol. The van der Waals surface area contributed by atoms with Gasteiger partial charge in [-0.25, -0.2) is 0 Å². The van der Waals surface area contributed by atoms with Gasteiger partial charge in [0.1, 0.15) is 11.5 Å². The van der Waals surface area contributed by atoms with Crippen LogP contribution >= 0.6 is 0 Å². The quantitative estimate of drug-likeness (QED) is 0.422. The van der Waals surface area contributed by atoms with Gasteiger partial charge >= 0.3 is 0 Å². The Bertz CT molecular complexity index is 1330. The second-order valence-corrected chi connectivity index (χ2v) is 8.53. The summed E-state index contributed by atoms with van der Waals surface area (Å²) < 4.78 is 10.8. The van der Waals surface area contributed by atoms with Crippen molar-refractivity contribution in [2.75, 3.05) is 45.3 Å². The van der Waals surface area contributed by atoms with E-state index in [0.29, 0.717) is 31.0 Å². The zero-order valence-electron chi connectivity index (χ0n) is 20.0. The average molecular weight is 469 g/mol. The highest BCUT2D eigenvalue weighted by Gasteiger charge is 2.23. The molecule has 1 saturated heterocycles. The maximum absolute atomic E-state index is 13.0. The molecule has 0 spiro atoms. The summed E-state index contributed by atoms with van der Waals surface area (Å²) in [6.45, 7) is 2.77. The number of nitrogens with zero attached hydrogens (tertiary/aromatic N) is 4. The molecule has 1 aliphatic heterocycles. The van der Waals surface area contributed by atoms with Crippen LogP contribution in [0.4, 0.5) is 5.82 Å². The van der Waals surface area contributed by atoms with Crippen molar-refractivity contribution < 1.29 is 14.3 Å². The lowest BCUT2D eigenvalue weighted by Crippen LogP contribution is -2.49. The minimum atomic E-state index is 0.160. The van der Waals surface area contributed by atoms with E-state index < -0.39 is 0 Å². The van der Waals surface area contributed by atoms with E-state index in [4.69, 9.17) is 9.47 Å². The van der Waals surface area contributed by atoms with Crippen molar-refractivity contribution in [3.8, 4) is 22.8 Å². The molecule has 0 saturated carbocycles. The lowest BCUT2D eigenvalue weighted by Gasteiger charge is -2.35. The number of hydrogen-bond donors (Lipinski definition) is 0. The van der Waals surface area contributed by atoms with Crippen molar-refractivity contribution in [3.05, 3.63) is 78.4 Å². The minimum Gasteiger partial charge on any atom is -0.497 e. The maximum atomic E-state index is 13.0. The third kappa shape index (κ3) is 4.75. The van der Waals surface area contributed by atoms with Gasteiger partial charge < -0.3 is 19.3 Å². The Hall–Kier alpha value is -4.13. The van der Waals surface area contributed by atoms with Crippen LogP contribution in [0.5, 0.6) is 11.5 Å². The van der Waals surface area contributed by atoms with Crippen LogP contribution in [0.25, 0.3) is 22.0 Å². The molecule has 4 aromatic rings. The highest BCUT2D eigenvalue weighted by atomic mass is 16.5. The first-order valence-corrected chi connectivity index (χ1v) is 11.7. The van der Waals surface area contributed by atoms with Crippen molar-refractivity contribution in [1.29, 1.82) is 0 Å². The number of aromatic nitrogens is 2. The molecule has 1 aliphatic rings. The number of ether oxygens (including phenoxy) is 2. The van der Waals surface area contributed by atoms with Crippen molar-refractivity contribution in [2.24, 2.45) is 0 Å². The van der Waals surface area contributed by atoms with Gasteiger partial charge in [-0.3, -0.25) is 4.79 Å². The van der Waals surface area contributed by atoms with E-state index in [-0.39, 0.29) is 5.91 Å². The number of hydrogen-bond acceptors (Lipinski definition) is 6. The summed E-state index contributed by atoms with van der Waals surface area (Å²) in [7, 11) is 3.26. The van der Waals surface area contributed by atoms with Crippen LogP contribution in [0.1, 0.15) is 5.56 Å². The van der Waals surface area contributed by atoms with Gasteiger partial charge in [0.25, 0.3) is 0 Å². The fourth-order valence-corrected chi connectivity index (χ4v) is 4.56. The molecule has 0 atom stereocenters. The Morgan fingerprint density at radius 2 is 1.66 bits per heavy atom. The highest BCUT2D eigenvalue weighted by molar-refractivity contribution is 5.90. The fourth-order valence-electron chi connectivity index (χ4n) is 4.56. The van der Waals surface area contributed by atoms with Crippen molar-refractivity contribution in [1.82, 2.24) is 15.1 Å². The van der Waals surface area contributed by atoms with E-state index in [2.05, 4.69) is 33.3 Å². The molecule has 1 aromatic heterocycles. The number of fused-ring (bicyclic) bond motifs is 1. The fraction of sp³-hybridized carbons (Fsp3) is 0.250. The molecular formula is C28H28N4O3. The molecule has 3 aromatic carbocycles. The Morgan fingerprint density at radius 1 is 0.857 bits per heavy atom. The minimum absolute atomic E-state index is 0.160. The monoisotopic (exact) mass is 468 g/mol. The molecule has 0 N–H and O–H groups in total. The maximum Gasteiger partial charge on any atom is 0.227 e. The van der Waals surface area contributed by atoms with Crippen LogP contribution in [-0.2, 0) is 11.2 Å². The normalized spacial score (nSPS) is 13.7. The molecule has 0 bridgehead atoms. The third-order valence-electron chi connectivity index (χ3n) is 6.51. The van der Waals surface area contributed by atoms with Crippen molar-refractivity contribution >= 4 is 22.5 Å². The van der Waals surface area contributed by atoms with Crippen LogP contribution in [0.3, 0.4) is 0 Å². The van der Waals surface area contributed by atoms with Gasteiger partial charge in [0, 0.05) is 31.7 Å². The Morgan fingerprint density at radius 3 is 2.40 bits per heavy atom. The van der Waals surface area contributed by atoms with E-state index in [9.17, 15) is 4.79 Å². The van der Waals surface area contributed by atoms with Crippen LogP contribution in [0.2, 0.25) is 0 Å². The molecule has 178 valence electrons. The Kier molecular flexibility index (Phi) is 6.48. The smallest absolute Gasteiger partial charge is 0.227 e. The predicted octanol–water partition coefficient (Wildman–Crippen LogP) is 4.21. The first-order chi connectivity index (χ1) is 17.2. The van der Waals surface area contributed by atoms with E-state index in [1.54, 1.807) is 14.2 Å². The zero-order chi connectivity index (χ0) is 24.2. The summed E-state index contributed by atoms with van der Waals surface area (Å²) in [5, 5.41) is 11.2. The van der Waals surface area contributed by atoms with Crippen LogP contribution in [0, 0.1) is 0 Å². The van der Waals surface area contributed by atoms with Gasteiger partial charge in [0.2, 0.25) is 5.91 Å². The summed E-state index contributed by atoms with van der Waals surface area (Å²) >= 11 is 0. The van der Waals surface area contributed by atoms with Crippen molar-refractivity contribution in [3.63, 3.8) is 0 Å². The number of methoxy groups -OCH3 is 2. The Balaban J connectivity index is 1.23. The number of carbonyl (C=O) groups excluding carboxylic acids is 1. The van der Waals surface area contributed by atoms with Gasteiger partial charge in [0.15, 0.2) is 5.82 Å². The third-order valence-corrected chi connectivity index (χ3v) is 6.51. The topological polar surface area (TPSA) is 67.8 Å². The van der Waals surface area contributed by atoms with E-state index in [1.165, 1.54) is 0 Å². The predicted molar refractivity (Wildman–Crippen MR) is 137 cm³/mol. The van der Waals surface area contributed by atoms with E-state index >= 15 is 0 Å². The number of piperazine rings is 1. The molecule has 0 unspecified atom stereocenters. The number of rotatable bonds is 6. The molecule has 7 nitrogen and oxygen atoms in total. The second-order valence-electron chi connectivity index (χ2n) is 8.53. The number of benzene rings is 3. The van der Waals surface area contributed by atoms with Crippen LogP contribution in [-0.4, -0.2) is 61.4 Å². The largest absolute Gasteiger partial charge is 0.497 e. The van der Waals surface area contributed by atoms with Gasteiger partial charge in [-0.2, -0.15) is 0 Å². The van der Waals surface area contributed by atoms with Gasteiger partial charge in [-0.1, -0.05) is 42.5 Å². The summed E-state index contributed by atoms with van der Waals surface area (Å²) in [4.78, 5) is 17.1. The standard InChI is InChI=1S/C28H28N4O3/c1-34-22-10-12-26(35-2)24(19-22)25-11-13-27(30-29-25)31-14-16-32(17-15-31)28(33)18-21-8-5-7-20-6-3-4-9-23(20)21/h3-13,19H,14-18H2,1-2H3. The zero-order valence-corrected chi connectivity index (χ0v) is 20.0. The number of anilines is 1. The van der Waals surface area contributed by atoms with E-state index in [0.717, 1.165) is 46.6 Å². The lowest BCUT2D eigenvalue weighted by atomic mass is 10.0. The van der Waals surface area contributed by atoms with Gasteiger partial charge in [-0.05, 0) is 46.7 Å². The SMILES string of the molecule is COc1ccc(OC)c(-c2ccc(N3CCN(C(=O)Cc4cccc5ccccc45)CC3)nn2)c1. The van der Waals surface area contributed by atoms with Crippen LogP contribution in [0.15, 0.2) is 72.8 Å². The summed E-state index contributed by atoms with van der Waals surface area (Å²) in [6.07, 6.45) is 0.415. The lowest BCUT2D eigenvalue weighted by molar-refractivity contribution is -0.130. The van der Waals surface area contributed by atoms with Gasteiger partial charge in [-0.15, -0.1) is 10.2 Å². The summed E-state index contributed by atoms with van der Waals surface area (Å²) in [5.74, 6) is 2.41. The molecule has 5 rings (SSSR count).